The summed E-state index contributed by atoms with van der Waals surface area (Å²) in [7, 11) is 0. The number of benzene rings is 2. The SMILES string of the molecule is NC(=O)c1cccc(CNc2cc([N+](=O)[O-])ccc2Br)c1. The average Bonchev–Trinajstić information content (AvgIpc) is 2.46. The quantitative estimate of drug-likeness (QED) is 0.640. The number of non-ortho nitro benzene ring substituents is 1. The van der Waals surface area contributed by atoms with E-state index in [4.69, 9.17) is 5.73 Å². The topological polar surface area (TPSA) is 98.3 Å². The van der Waals surface area contributed by atoms with Gasteiger partial charge in [0.2, 0.25) is 5.91 Å². The van der Waals surface area contributed by atoms with Crippen LogP contribution >= 0.6 is 15.9 Å². The highest BCUT2D eigenvalue weighted by atomic mass is 79.9. The second kappa shape index (κ2) is 6.36. The molecule has 7 heteroatoms. The lowest BCUT2D eigenvalue weighted by molar-refractivity contribution is -0.384. The Morgan fingerprint density at radius 2 is 2.05 bits per heavy atom. The monoisotopic (exact) mass is 349 g/mol. The molecule has 0 aliphatic heterocycles. The lowest BCUT2D eigenvalue weighted by atomic mass is 10.1. The van der Waals surface area contributed by atoms with Crippen molar-refractivity contribution >= 4 is 33.2 Å². The molecular formula is C14H12BrN3O3. The number of amides is 1. The molecule has 0 heterocycles. The van der Waals surface area contributed by atoms with Crippen LogP contribution in [0.2, 0.25) is 0 Å². The molecule has 3 N–H and O–H groups in total. The molecule has 0 aromatic heterocycles. The fourth-order valence-electron chi connectivity index (χ4n) is 1.79. The summed E-state index contributed by atoms with van der Waals surface area (Å²) in [5, 5.41) is 13.9. The van der Waals surface area contributed by atoms with Crippen molar-refractivity contribution in [3.8, 4) is 0 Å². The number of nitrogens with zero attached hydrogens (tertiary/aromatic N) is 1. The molecule has 0 radical (unpaired) electrons. The molecule has 0 spiro atoms. The lowest BCUT2D eigenvalue weighted by Crippen LogP contribution is -2.11. The van der Waals surface area contributed by atoms with Crippen LogP contribution in [0, 0.1) is 10.1 Å². The number of hydrogen-bond donors (Lipinski definition) is 2. The van der Waals surface area contributed by atoms with Crippen LogP contribution in [0.3, 0.4) is 0 Å². The summed E-state index contributed by atoms with van der Waals surface area (Å²) in [6, 6.07) is 11.4. The lowest BCUT2D eigenvalue weighted by Gasteiger charge is -2.09. The molecule has 108 valence electrons. The molecule has 2 rings (SSSR count). The first kappa shape index (κ1) is 15.0. The molecule has 6 nitrogen and oxygen atoms in total. The van der Waals surface area contributed by atoms with Gasteiger partial charge in [-0.25, -0.2) is 0 Å². The van der Waals surface area contributed by atoms with E-state index in [0.717, 1.165) is 10.0 Å². The maximum atomic E-state index is 11.1. The van der Waals surface area contributed by atoms with Gasteiger partial charge in [-0.1, -0.05) is 12.1 Å². The Balaban J connectivity index is 2.16. The summed E-state index contributed by atoms with van der Waals surface area (Å²) in [6.07, 6.45) is 0. The molecule has 0 atom stereocenters. The summed E-state index contributed by atoms with van der Waals surface area (Å²) >= 11 is 3.33. The Bertz CT molecular complexity index is 704. The molecule has 0 aliphatic carbocycles. The second-order valence-corrected chi connectivity index (χ2v) is 5.19. The van der Waals surface area contributed by atoms with Crippen molar-refractivity contribution in [2.24, 2.45) is 5.73 Å². The van der Waals surface area contributed by atoms with E-state index in [1.165, 1.54) is 12.1 Å². The third-order valence-corrected chi connectivity index (χ3v) is 3.55. The molecule has 2 aromatic rings. The fraction of sp³-hybridized carbons (Fsp3) is 0.0714. The molecule has 0 bridgehead atoms. The van der Waals surface area contributed by atoms with Crippen LogP contribution in [0.5, 0.6) is 0 Å². The van der Waals surface area contributed by atoms with E-state index in [1.54, 1.807) is 24.3 Å². The molecule has 0 aliphatic rings. The molecule has 0 unspecified atom stereocenters. The highest BCUT2D eigenvalue weighted by Gasteiger charge is 2.09. The third kappa shape index (κ3) is 3.79. The van der Waals surface area contributed by atoms with Gasteiger partial charge in [0.05, 0.1) is 10.6 Å². The summed E-state index contributed by atoms with van der Waals surface area (Å²) < 4.78 is 0.721. The van der Waals surface area contributed by atoms with Crippen LogP contribution in [0.1, 0.15) is 15.9 Å². The zero-order valence-electron chi connectivity index (χ0n) is 10.9. The number of primary amides is 1. The van der Waals surface area contributed by atoms with Crippen LogP contribution in [0.4, 0.5) is 11.4 Å². The Morgan fingerprint density at radius 1 is 1.29 bits per heavy atom. The minimum absolute atomic E-state index is 0.00610. The fourth-order valence-corrected chi connectivity index (χ4v) is 2.18. The van der Waals surface area contributed by atoms with E-state index >= 15 is 0 Å². The Morgan fingerprint density at radius 3 is 2.71 bits per heavy atom. The van der Waals surface area contributed by atoms with Crippen molar-refractivity contribution in [2.45, 2.75) is 6.54 Å². The predicted octanol–water partition coefficient (Wildman–Crippen LogP) is 3.07. The molecule has 2 aromatic carbocycles. The second-order valence-electron chi connectivity index (χ2n) is 4.34. The van der Waals surface area contributed by atoms with E-state index in [0.29, 0.717) is 17.8 Å². The Labute approximate surface area is 129 Å². The van der Waals surface area contributed by atoms with E-state index in [9.17, 15) is 14.9 Å². The van der Waals surface area contributed by atoms with Crippen LogP contribution < -0.4 is 11.1 Å². The summed E-state index contributed by atoms with van der Waals surface area (Å²) in [4.78, 5) is 21.4. The third-order valence-electron chi connectivity index (χ3n) is 2.86. The molecule has 0 fully saturated rings. The van der Waals surface area contributed by atoms with Crippen molar-refractivity contribution in [1.29, 1.82) is 0 Å². The first-order valence-electron chi connectivity index (χ1n) is 6.04. The summed E-state index contributed by atoms with van der Waals surface area (Å²) in [6.45, 7) is 0.418. The number of hydrogen-bond acceptors (Lipinski definition) is 4. The van der Waals surface area contributed by atoms with E-state index in [1.807, 2.05) is 6.07 Å². The number of carbonyl (C=O) groups excluding carboxylic acids is 1. The van der Waals surface area contributed by atoms with Gasteiger partial charge in [0.15, 0.2) is 0 Å². The van der Waals surface area contributed by atoms with Gasteiger partial charge in [0.25, 0.3) is 5.69 Å². The number of nitro groups is 1. The van der Waals surface area contributed by atoms with Crippen LogP contribution in [-0.2, 0) is 6.54 Å². The van der Waals surface area contributed by atoms with Gasteiger partial charge in [-0.3, -0.25) is 14.9 Å². The normalized spacial score (nSPS) is 10.1. The van der Waals surface area contributed by atoms with Gasteiger partial charge in [-0.2, -0.15) is 0 Å². The van der Waals surface area contributed by atoms with Gasteiger partial charge < -0.3 is 11.1 Å². The van der Waals surface area contributed by atoms with Gasteiger partial charge in [-0.15, -0.1) is 0 Å². The summed E-state index contributed by atoms with van der Waals surface area (Å²) in [5.41, 5.74) is 7.11. The van der Waals surface area contributed by atoms with Gasteiger partial charge in [0.1, 0.15) is 0 Å². The largest absolute Gasteiger partial charge is 0.380 e. The number of carbonyl (C=O) groups is 1. The van der Waals surface area contributed by atoms with Gasteiger partial charge >= 0.3 is 0 Å². The first-order valence-corrected chi connectivity index (χ1v) is 6.83. The van der Waals surface area contributed by atoms with Crippen molar-refractivity contribution in [3.63, 3.8) is 0 Å². The summed E-state index contributed by atoms with van der Waals surface area (Å²) in [5.74, 6) is -0.492. The molecule has 21 heavy (non-hydrogen) atoms. The van der Waals surface area contributed by atoms with Crippen molar-refractivity contribution in [2.75, 3.05) is 5.32 Å². The van der Waals surface area contributed by atoms with Crippen LogP contribution in [0.25, 0.3) is 0 Å². The maximum Gasteiger partial charge on any atom is 0.271 e. The standard InChI is InChI=1S/C14H12BrN3O3/c15-12-5-4-11(18(20)21)7-13(12)17-8-9-2-1-3-10(6-9)14(16)19/h1-7,17H,8H2,(H2,16,19). The number of rotatable bonds is 5. The minimum atomic E-state index is -0.492. The molecule has 0 saturated carbocycles. The Kier molecular flexibility index (Phi) is 4.54. The van der Waals surface area contributed by atoms with Crippen molar-refractivity contribution in [1.82, 2.24) is 0 Å². The number of anilines is 1. The number of nitrogens with one attached hydrogen (secondary N) is 1. The van der Waals surface area contributed by atoms with E-state index < -0.39 is 10.8 Å². The zero-order chi connectivity index (χ0) is 15.4. The Hall–Kier alpha value is -2.41. The first-order chi connectivity index (χ1) is 9.97. The highest BCUT2D eigenvalue weighted by molar-refractivity contribution is 9.10. The maximum absolute atomic E-state index is 11.1. The van der Waals surface area contributed by atoms with E-state index in [2.05, 4.69) is 21.2 Å². The average molecular weight is 350 g/mol. The number of halogens is 1. The zero-order valence-corrected chi connectivity index (χ0v) is 12.5. The van der Waals surface area contributed by atoms with Crippen molar-refractivity contribution < 1.29 is 9.72 Å². The van der Waals surface area contributed by atoms with Crippen LogP contribution in [-0.4, -0.2) is 10.8 Å². The van der Waals surface area contributed by atoms with Gasteiger partial charge in [-0.05, 0) is 39.7 Å². The van der Waals surface area contributed by atoms with Crippen LogP contribution in [0.15, 0.2) is 46.9 Å². The van der Waals surface area contributed by atoms with E-state index in [-0.39, 0.29) is 5.69 Å². The number of nitro benzene ring substituents is 1. The molecule has 0 saturated heterocycles. The van der Waals surface area contributed by atoms with Gasteiger partial charge in [0, 0.05) is 28.7 Å². The number of nitrogens with two attached hydrogens (primary N) is 1. The van der Waals surface area contributed by atoms with Crippen molar-refractivity contribution in [3.05, 3.63) is 68.2 Å². The smallest absolute Gasteiger partial charge is 0.271 e. The predicted molar refractivity (Wildman–Crippen MR) is 83.1 cm³/mol. The molecular weight excluding hydrogens is 338 g/mol. The minimum Gasteiger partial charge on any atom is -0.380 e. The molecule has 1 amide bonds. The highest BCUT2D eigenvalue weighted by Crippen LogP contribution is 2.27.